The van der Waals surface area contributed by atoms with Gasteiger partial charge in [0.2, 0.25) is 0 Å². The number of carbonyl (C=O) groups excluding carboxylic acids is 1. The van der Waals surface area contributed by atoms with E-state index in [0.29, 0.717) is 27.9 Å². The molecule has 0 atom stereocenters. The third-order valence-corrected chi connectivity index (χ3v) is 3.42. The zero-order valence-corrected chi connectivity index (χ0v) is 14.3. The van der Waals surface area contributed by atoms with Crippen molar-refractivity contribution < 1.29 is 13.9 Å². The molecule has 0 saturated carbocycles. The topological polar surface area (TPSA) is 52.1 Å². The lowest BCUT2D eigenvalue weighted by Crippen LogP contribution is -2.01. The molecule has 0 aliphatic rings. The van der Waals surface area contributed by atoms with Crippen LogP contribution in [0.1, 0.15) is 24.2 Å². The number of hydrogen-bond acceptors (Lipinski definition) is 4. The lowest BCUT2D eigenvalue weighted by molar-refractivity contribution is 0.0601. The van der Waals surface area contributed by atoms with E-state index in [2.05, 4.69) is 14.7 Å². The summed E-state index contributed by atoms with van der Waals surface area (Å²) in [5.74, 6) is -0.793. The Morgan fingerprint density at radius 1 is 1.04 bits per heavy atom. The van der Waals surface area contributed by atoms with Crippen LogP contribution in [0.4, 0.5) is 4.39 Å². The number of benzene rings is 2. The molecule has 2 aromatic carbocycles. The summed E-state index contributed by atoms with van der Waals surface area (Å²) in [6.07, 6.45) is 0. The van der Waals surface area contributed by atoms with Gasteiger partial charge in [-0.25, -0.2) is 19.2 Å². The number of nitrogens with zero attached hydrogens (tertiary/aromatic N) is 2. The maximum absolute atomic E-state index is 13.0. The summed E-state index contributed by atoms with van der Waals surface area (Å²) in [7, 11) is 1.31. The maximum atomic E-state index is 13.0. The highest BCUT2D eigenvalue weighted by molar-refractivity contribution is 6.32. The number of hydrogen-bond donors (Lipinski definition) is 0. The number of ether oxygens (including phenoxy) is 1. The van der Waals surface area contributed by atoms with Gasteiger partial charge in [-0.1, -0.05) is 25.4 Å². The number of rotatable bonds is 2. The number of methoxy groups -OCH3 is 1. The second kappa shape index (κ2) is 7.84. The molecule has 0 spiro atoms. The van der Waals surface area contributed by atoms with E-state index in [1.807, 2.05) is 13.8 Å². The van der Waals surface area contributed by atoms with Crippen molar-refractivity contribution in [3.8, 4) is 11.3 Å². The smallest absolute Gasteiger partial charge is 0.337 e. The van der Waals surface area contributed by atoms with E-state index in [1.165, 1.54) is 19.2 Å². The lowest BCUT2D eigenvalue weighted by atomic mass is 10.1. The summed E-state index contributed by atoms with van der Waals surface area (Å²) >= 11 is 6.16. The molecule has 0 fully saturated rings. The molecule has 0 aliphatic carbocycles. The van der Waals surface area contributed by atoms with E-state index in [-0.39, 0.29) is 11.0 Å². The summed E-state index contributed by atoms with van der Waals surface area (Å²) in [6.45, 7) is 4.00. The summed E-state index contributed by atoms with van der Waals surface area (Å²) in [5, 5.41) is 0.182. The molecule has 124 valence electrons. The van der Waals surface area contributed by atoms with Crippen LogP contribution >= 0.6 is 11.6 Å². The van der Waals surface area contributed by atoms with Gasteiger partial charge in [0, 0.05) is 5.56 Å². The maximum Gasteiger partial charge on any atom is 0.337 e. The Morgan fingerprint density at radius 2 is 1.71 bits per heavy atom. The van der Waals surface area contributed by atoms with Gasteiger partial charge >= 0.3 is 5.97 Å². The van der Waals surface area contributed by atoms with Crippen LogP contribution in [-0.2, 0) is 4.74 Å². The Hall–Kier alpha value is -2.53. The van der Waals surface area contributed by atoms with Gasteiger partial charge in [0.05, 0.1) is 23.7 Å². The van der Waals surface area contributed by atoms with E-state index in [0.717, 1.165) is 0 Å². The molecule has 4 nitrogen and oxygen atoms in total. The van der Waals surface area contributed by atoms with Crippen LogP contribution in [0.15, 0.2) is 42.5 Å². The second-order valence-electron chi connectivity index (χ2n) is 4.56. The largest absolute Gasteiger partial charge is 0.465 e. The minimum absolute atomic E-state index is 0.182. The van der Waals surface area contributed by atoms with Crippen LogP contribution in [-0.4, -0.2) is 23.0 Å². The van der Waals surface area contributed by atoms with Crippen LogP contribution in [0.5, 0.6) is 0 Å². The van der Waals surface area contributed by atoms with Crippen molar-refractivity contribution in [2.24, 2.45) is 0 Å². The summed E-state index contributed by atoms with van der Waals surface area (Å²) in [5.41, 5.74) is 2.56. The van der Waals surface area contributed by atoms with Crippen LogP contribution in [0, 0.1) is 5.82 Å². The number of esters is 1. The number of halogens is 2. The Kier molecular flexibility index (Phi) is 5.82. The summed E-state index contributed by atoms with van der Waals surface area (Å²) < 4.78 is 17.7. The monoisotopic (exact) mass is 346 g/mol. The fourth-order valence-electron chi connectivity index (χ4n) is 2.07. The molecule has 3 rings (SSSR count). The number of carbonyl (C=O) groups is 1. The fraction of sp³-hybridized carbons (Fsp3) is 0.167. The molecule has 0 saturated heterocycles. The number of fused-ring (bicyclic) bond motifs is 1. The van der Waals surface area contributed by atoms with E-state index < -0.39 is 5.97 Å². The van der Waals surface area contributed by atoms with Gasteiger partial charge in [0.1, 0.15) is 11.5 Å². The van der Waals surface area contributed by atoms with Crippen molar-refractivity contribution in [3.05, 3.63) is 59.0 Å². The highest BCUT2D eigenvalue weighted by Gasteiger charge is 2.12. The molecule has 1 heterocycles. The van der Waals surface area contributed by atoms with E-state index in [1.54, 1.807) is 30.3 Å². The standard InChI is InChI=1S/C16H10ClFN2O2.C2H6/c1-22-16(21)10-4-7-12-13(8-10)20-15(17)14(19-12)9-2-5-11(18)6-3-9;1-2/h2-8H,1H3;1-2H3. The van der Waals surface area contributed by atoms with Gasteiger partial charge in [0.15, 0.2) is 5.15 Å². The molecule has 0 radical (unpaired) electrons. The first-order valence-corrected chi connectivity index (χ1v) is 7.78. The average molecular weight is 347 g/mol. The Morgan fingerprint density at radius 3 is 2.33 bits per heavy atom. The summed E-state index contributed by atoms with van der Waals surface area (Å²) in [4.78, 5) is 20.2. The minimum Gasteiger partial charge on any atom is -0.465 e. The molecular weight excluding hydrogens is 331 g/mol. The molecule has 0 unspecified atom stereocenters. The normalized spacial score (nSPS) is 10.0. The average Bonchev–Trinajstić information content (AvgIpc) is 2.62. The van der Waals surface area contributed by atoms with Crippen LogP contribution in [0.3, 0.4) is 0 Å². The van der Waals surface area contributed by atoms with Crippen molar-refractivity contribution in [3.63, 3.8) is 0 Å². The Balaban J connectivity index is 0.00000100. The first-order chi connectivity index (χ1) is 11.6. The fourth-order valence-corrected chi connectivity index (χ4v) is 2.31. The van der Waals surface area contributed by atoms with Gasteiger partial charge in [-0.2, -0.15) is 0 Å². The third-order valence-electron chi connectivity index (χ3n) is 3.16. The predicted molar refractivity (Wildman–Crippen MR) is 92.6 cm³/mol. The quantitative estimate of drug-likeness (QED) is 0.619. The molecule has 0 aliphatic heterocycles. The van der Waals surface area contributed by atoms with Gasteiger partial charge in [-0.05, 0) is 42.5 Å². The third kappa shape index (κ3) is 3.68. The zero-order valence-electron chi connectivity index (χ0n) is 13.5. The molecule has 3 aromatic rings. The molecule has 24 heavy (non-hydrogen) atoms. The molecule has 1 aromatic heterocycles. The molecule has 0 amide bonds. The zero-order chi connectivity index (χ0) is 17.7. The molecule has 6 heteroatoms. The van der Waals surface area contributed by atoms with Crippen molar-refractivity contribution in [2.45, 2.75) is 13.8 Å². The van der Waals surface area contributed by atoms with Gasteiger partial charge in [0.25, 0.3) is 0 Å². The van der Waals surface area contributed by atoms with Crippen molar-refractivity contribution in [1.29, 1.82) is 0 Å². The van der Waals surface area contributed by atoms with Gasteiger partial charge < -0.3 is 4.74 Å². The van der Waals surface area contributed by atoms with E-state index in [9.17, 15) is 9.18 Å². The molecule has 0 bridgehead atoms. The Bertz CT molecular complexity index is 867. The number of aromatic nitrogens is 2. The second-order valence-corrected chi connectivity index (χ2v) is 4.92. The van der Waals surface area contributed by atoms with Crippen molar-refractivity contribution in [2.75, 3.05) is 7.11 Å². The highest BCUT2D eigenvalue weighted by Crippen LogP contribution is 2.27. The van der Waals surface area contributed by atoms with E-state index in [4.69, 9.17) is 11.6 Å². The van der Waals surface area contributed by atoms with Crippen molar-refractivity contribution >= 4 is 28.6 Å². The van der Waals surface area contributed by atoms with Gasteiger partial charge in [-0.15, -0.1) is 0 Å². The Labute approximate surface area is 144 Å². The predicted octanol–water partition coefficient (Wildman–Crippen LogP) is 4.90. The van der Waals surface area contributed by atoms with E-state index >= 15 is 0 Å². The lowest BCUT2D eigenvalue weighted by Gasteiger charge is -2.06. The van der Waals surface area contributed by atoms with Crippen LogP contribution in [0.25, 0.3) is 22.3 Å². The van der Waals surface area contributed by atoms with Crippen molar-refractivity contribution in [1.82, 2.24) is 9.97 Å². The minimum atomic E-state index is -0.456. The highest BCUT2D eigenvalue weighted by atomic mass is 35.5. The first kappa shape index (κ1) is 17.8. The van der Waals surface area contributed by atoms with Crippen LogP contribution < -0.4 is 0 Å². The van der Waals surface area contributed by atoms with Gasteiger partial charge in [-0.3, -0.25) is 0 Å². The molecular formula is C18H16ClFN2O2. The molecule has 0 N–H and O–H groups in total. The van der Waals surface area contributed by atoms with Crippen LogP contribution in [0.2, 0.25) is 5.15 Å². The SMILES string of the molecule is CC.COC(=O)c1ccc2nc(-c3ccc(F)cc3)c(Cl)nc2c1. The summed E-state index contributed by atoms with van der Waals surface area (Å²) in [6, 6.07) is 10.7. The first-order valence-electron chi connectivity index (χ1n) is 7.40.